The molecule has 5 nitrogen and oxygen atoms in total. The zero-order chi connectivity index (χ0) is 15.5. The van der Waals surface area contributed by atoms with Crippen LogP contribution in [0.5, 0.6) is 5.75 Å². The highest BCUT2D eigenvalue weighted by atomic mass is 16.5. The molecule has 1 rings (SSSR count). The zero-order valence-corrected chi connectivity index (χ0v) is 13.1. The summed E-state index contributed by atoms with van der Waals surface area (Å²) in [6.45, 7) is 3.91. The number of hydrogen-bond acceptors (Lipinski definition) is 4. The third-order valence-corrected chi connectivity index (χ3v) is 3.17. The molecule has 0 heterocycles. The second-order valence-electron chi connectivity index (χ2n) is 5.00. The maximum atomic E-state index is 11.5. The van der Waals surface area contributed by atoms with Crippen molar-refractivity contribution in [2.45, 2.75) is 25.8 Å². The molecule has 1 aromatic rings. The quantitative estimate of drug-likeness (QED) is 0.640. The minimum absolute atomic E-state index is 0.0520. The lowest BCUT2D eigenvalue weighted by Gasteiger charge is -2.14. The van der Waals surface area contributed by atoms with Crippen LogP contribution in [0.25, 0.3) is 0 Å². The summed E-state index contributed by atoms with van der Waals surface area (Å²) in [5, 5.41) is 6.16. The fourth-order valence-electron chi connectivity index (χ4n) is 2.00. The fraction of sp³-hybridized carbons (Fsp3) is 0.562. The van der Waals surface area contributed by atoms with Gasteiger partial charge in [-0.1, -0.05) is 12.1 Å². The van der Waals surface area contributed by atoms with Crippen LogP contribution in [0.4, 0.5) is 0 Å². The Labute approximate surface area is 127 Å². The van der Waals surface area contributed by atoms with E-state index in [4.69, 9.17) is 9.47 Å². The van der Waals surface area contributed by atoms with Gasteiger partial charge >= 0.3 is 0 Å². The maximum Gasteiger partial charge on any atom is 0.221 e. The molecule has 21 heavy (non-hydrogen) atoms. The van der Waals surface area contributed by atoms with E-state index in [0.717, 1.165) is 12.2 Å². The first kappa shape index (κ1) is 17.5. The Balaban J connectivity index is 2.18. The van der Waals surface area contributed by atoms with E-state index in [1.165, 1.54) is 5.56 Å². The summed E-state index contributed by atoms with van der Waals surface area (Å²) in [6, 6.07) is 8.38. The SMILES string of the molecule is COCCNC(=O)CCNC(C)Cc1ccc(OC)cc1. The smallest absolute Gasteiger partial charge is 0.221 e. The molecule has 0 radical (unpaired) electrons. The van der Waals surface area contributed by atoms with Gasteiger partial charge in [-0.2, -0.15) is 0 Å². The van der Waals surface area contributed by atoms with Crippen LogP contribution in [0.15, 0.2) is 24.3 Å². The molecule has 0 aliphatic heterocycles. The highest BCUT2D eigenvalue weighted by Crippen LogP contribution is 2.12. The van der Waals surface area contributed by atoms with E-state index in [-0.39, 0.29) is 5.91 Å². The molecule has 0 saturated carbocycles. The van der Waals surface area contributed by atoms with Gasteiger partial charge in [-0.3, -0.25) is 4.79 Å². The van der Waals surface area contributed by atoms with Gasteiger partial charge in [-0.05, 0) is 31.0 Å². The van der Waals surface area contributed by atoms with Gasteiger partial charge in [-0.15, -0.1) is 0 Å². The summed E-state index contributed by atoms with van der Waals surface area (Å²) in [5.74, 6) is 0.920. The van der Waals surface area contributed by atoms with Crippen molar-refractivity contribution in [1.82, 2.24) is 10.6 Å². The van der Waals surface area contributed by atoms with Crippen molar-refractivity contribution in [2.75, 3.05) is 33.9 Å². The van der Waals surface area contributed by atoms with Crippen LogP contribution in [0.3, 0.4) is 0 Å². The summed E-state index contributed by atoms with van der Waals surface area (Å²) in [6.07, 6.45) is 1.41. The molecule has 1 atom stereocenters. The molecule has 1 unspecified atom stereocenters. The monoisotopic (exact) mass is 294 g/mol. The second kappa shape index (κ2) is 10.2. The number of hydrogen-bond donors (Lipinski definition) is 2. The van der Waals surface area contributed by atoms with E-state index < -0.39 is 0 Å². The van der Waals surface area contributed by atoms with Gasteiger partial charge in [0.1, 0.15) is 5.75 Å². The Bertz CT molecular complexity index is 406. The first-order valence-corrected chi connectivity index (χ1v) is 7.27. The highest BCUT2D eigenvalue weighted by Gasteiger charge is 2.05. The van der Waals surface area contributed by atoms with E-state index in [1.54, 1.807) is 14.2 Å². The molecule has 1 amide bonds. The lowest BCUT2D eigenvalue weighted by molar-refractivity contribution is -0.121. The van der Waals surface area contributed by atoms with E-state index in [1.807, 2.05) is 12.1 Å². The molecular weight excluding hydrogens is 268 g/mol. The van der Waals surface area contributed by atoms with Crippen molar-refractivity contribution in [1.29, 1.82) is 0 Å². The molecule has 0 aromatic heterocycles. The first-order valence-electron chi connectivity index (χ1n) is 7.27. The summed E-state index contributed by atoms with van der Waals surface area (Å²) in [4.78, 5) is 11.5. The molecule has 1 aromatic carbocycles. The first-order chi connectivity index (χ1) is 10.2. The van der Waals surface area contributed by atoms with Crippen molar-refractivity contribution in [3.63, 3.8) is 0 Å². The average Bonchev–Trinajstić information content (AvgIpc) is 2.48. The van der Waals surface area contributed by atoms with Gasteiger partial charge in [-0.25, -0.2) is 0 Å². The molecule has 2 N–H and O–H groups in total. The Morgan fingerprint density at radius 3 is 2.52 bits per heavy atom. The largest absolute Gasteiger partial charge is 0.497 e. The number of carbonyl (C=O) groups excluding carboxylic acids is 1. The van der Waals surface area contributed by atoms with Crippen LogP contribution in [0, 0.1) is 0 Å². The third-order valence-electron chi connectivity index (χ3n) is 3.17. The molecule has 0 saturated heterocycles. The molecule has 5 heteroatoms. The average molecular weight is 294 g/mol. The standard InChI is InChI=1S/C16H26N2O3/c1-13(12-14-4-6-15(21-3)7-5-14)17-9-8-16(19)18-10-11-20-2/h4-7,13,17H,8-12H2,1-3H3,(H,18,19). The number of benzene rings is 1. The summed E-state index contributed by atoms with van der Waals surface area (Å²) >= 11 is 0. The van der Waals surface area contributed by atoms with Gasteiger partial charge < -0.3 is 20.1 Å². The number of carbonyl (C=O) groups is 1. The van der Waals surface area contributed by atoms with Crippen LogP contribution >= 0.6 is 0 Å². The van der Waals surface area contributed by atoms with Crippen LogP contribution in [-0.4, -0.2) is 45.9 Å². The molecule has 0 aliphatic rings. The number of nitrogens with one attached hydrogen (secondary N) is 2. The molecule has 118 valence electrons. The minimum Gasteiger partial charge on any atom is -0.497 e. The Morgan fingerprint density at radius 2 is 1.90 bits per heavy atom. The molecule has 0 fully saturated rings. The van der Waals surface area contributed by atoms with Gasteiger partial charge in [0, 0.05) is 32.7 Å². The number of ether oxygens (including phenoxy) is 2. The van der Waals surface area contributed by atoms with Crippen molar-refractivity contribution in [2.24, 2.45) is 0 Å². The minimum atomic E-state index is 0.0520. The van der Waals surface area contributed by atoms with Gasteiger partial charge in [0.2, 0.25) is 5.91 Å². The van der Waals surface area contributed by atoms with Crippen molar-refractivity contribution in [3.8, 4) is 5.75 Å². The molecular formula is C16H26N2O3. The predicted molar refractivity (Wildman–Crippen MR) is 83.7 cm³/mol. The Morgan fingerprint density at radius 1 is 1.19 bits per heavy atom. The zero-order valence-electron chi connectivity index (χ0n) is 13.1. The van der Waals surface area contributed by atoms with Crippen LogP contribution < -0.4 is 15.4 Å². The van der Waals surface area contributed by atoms with E-state index in [0.29, 0.717) is 32.2 Å². The lowest BCUT2D eigenvalue weighted by atomic mass is 10.1. The Hall–Kier alpha value is -1.59. The summed E-state index contributed by atoms with van der Waals surface area (Å²) in [7, 11) is 3.28. The van der Waals surface area contributed by atoms with Gasteiger partial charge in [0.15, 0.2) is 0 Å². The predicted octanol–water partition coefficient (Wildman–Crippen LogP) is 1.37. The molecule has 0 spiro atoms. The highest BCUT2D eigenvalue weighted by molar-refractivity contribution is 5.76. The van der Waals surface area contributed by atoms with Gasteiger partial charge in [0.05, 0.1) is 13.7 Å². The molecule has 0 bridgehead atoms. The number of amides is 1. The van der Waals surface area contributed by atoms with Crippen molar-refractivity contribution in [3.05, 3.63) is 29.8 Å². The number of methoxy groups -OCH3 is 2. The van der Waals surface area contributed by atoms with Crippen LogP contribution in [0.2, 0.25) is 0 Å². The van der Waals surface area contributed by atoms with E-state index in [2.05, 4.69) is 29.7 Å². The van der Waals surface area contributed by atoms with Gasteiger partial charge in [0.25, 0.3) is 0 Å². The summed E-state index contributed by atoms with van der Waals surface area (Å²) in [5.41, 5.74) is 1.25. The second-order valence-corrected chi connectivity index (χ2v) is 5.00. The fourth-order valence-corrected chi connectivity index (χ4v) is 2.00. The molecule has 0 aliphatic carbocycles. The normalized spacial score (nSPS) is 12.0. The van der Waals surface area contributed by atoms with E-state index >= 15 is 0 Å². The number of rotatable bonds is 10. The van der Waals surface area contributed by atoms with Crippen LogP contribution in [0.1, 0.15) is 18.9 Å². The van der Waals surface area contributed by atoms with Crippen molar-refractivity contribution >= 4 is 5.91 Å². The van der Waals surface area contributed by atoms with E-state index in [9.17, 15) is 4.79 Å². The van der Waals surface area contributed by atoms with Crippen LogP contribution in [-0.2, 0) is 16.0 Å². The van der Waals surface area contributed by atoms with Crippen molar-refractivity contribution < 1.29 is 14.3 Å². The third kappa shape index (κ3) is 7.68. The Kier molecular flexibility index (Phi) is 8.47. The lowest BCUT2D eigenvalue weighted by Crippen LogP contribution is -2.34. The maximum absolute atomic E-state index is 11.5. The summed E-state index contributed by atoms with van der Waals surface area (Å²) < 4.78 is 10.0. The topological polar surface area (TPSA) is 59.6 Å².